The Morgan fingerprint density at radius 1 is 1.12 bits per heavy atom. The maximum Gasteiger partial charge on any atom is 0.273 e. The quantitative estimate of drug-likeness (QED) is 0.602. The minimum absolute atomic E-state index is 0.0898. The van der Waals surface area contributed by atoms with Gasteiger partial charge in [-0.1, -0.05) is 17.7 Å². The topological polar surface area (TPSA) is 108 Å². The van der Waals surface area contributed by atoms with Crippen LogP contribution in [0.2, 0.25) is 5.02 Å². The summed E-state index contributed by atoms with van der Waals surface area (Å²) in [7, 11) is -1.35. The first kappa shape index (κ1) is 18.8. The van der Waals surface area contributed by atoms with Crippen molar-refractivity contribution in [3.8, 4) is 11.5 Å². The van der Waals surface area contributed by atoms with Gasteiger partial charge in [-0.2, -0.15) is 0 Å². The summed E-state index contributed by atoms with van der Waals surface area (Å²) in [6.07, 6.45) is 0. The highest BCUT2D eigenvalue weighted by Gasteiger charge is 2.22. The lowest BCUT2D eigenvalue weighted by Crippen LogP contribution is -2.14. The molecule has 25 heavy (non-hydrogen) atoms. The molecule has 2 aromatic carbocycles. The number of anilines is 1. The number of nitrogens with one attached hydrogen (secondary N) is 1. The van der Waals surface area contributed by atoms with Crippen molar-refractivity contribution in [3.63, 3.8) is 0 Å². The van der Waals surface area contributed by atoms with Crippen molar-refractivity contribution in [1.82, 2.24) is 0 Å². The van der Waals surface area contributed by atoms with Crippen LogP contribution >= 0.6 is 11.6 Å². The number of rotatable bonds is 6. The van der Waals surface area contributed by atoms with Gasteiger partial charge in [-0.15, -0.1) is 0 Å². The Kier molecular flexibility index (Phi) is 5.39. The van der Waals surface area contributed by atoms with Crippen molar-refractivity contribution in [2.24, 2.45) is 0 Å². The number of nitro benzene ring substituents is 1. The molecule has 2 rings (SSSR count). The second-order valence-corrected chi connectivity index (χ2v) is 7.09. The number of benzene rings is 2. The molecule has 0 bridgehead atoms. The molecule has 0 heterocycles. The zero-order chi connectivity index (χ0) is 18.8. The molecule has 0 spiro atoms. The molecule has 0 aliphatic heterocycles. The highest BCUT2D eigenvalue weighted by Crippen LogP contribution is 2.37. The van der Waals surface area contributed by atoms with Gasteiger partial charge in [-0.05, 0) is 13.0 Å². The molecule has 8 nitrogen and oxygen atoms in total. The zero-order valence-electron chi connectivity index (χ0n) is 13.6. The van der Waals surface area contributed by atoms with E-state index in [-0.39, 0.29) is 32.8 Å². The summed E-state index contributed by atoms with van der Waals surface area (Å²) in [4.78, 5) is 10.1. The molecular formula is C15H15ClN2O6S. The van der Waals surface area contributed by atoms with Gasteiger partial charge in [-0.3, -0.25) is 14.8 Å². The van der Waals surface area contributed by atoms with Crippen LogP contribution in [0.1, 0.15) is 5.56 Å². The Morgan fingerprint density at radius 3 is 2.32 bits per heavy atom. The van der Waals surface area contributed by atoms with Crippen molar-refractivity contribution in [1.29, 1.82) is 0 Å². The fourth-order valence-electron chi connectivity index (χ4n) is 2.10. The van der Waals surface area contributed by atoms with Gasteiger partial charge in [0.1, 0.15) is 11.5 Å². The Labute approximate surface area is 149 Å². The van der Waals surface area contributed by atoms with E-state index >= 15 is 0 Å². The van der Waals surface area contributed by atoms with Crippen molar-refractivity contribution in [2.45, 2.75) is 11.8 Å². The van der Waals surface area contributed by atoms with Crippen LogP contribution in [0.3, 0.4) is 0 Å². The number of methoxy groups -OCH3 is 2. The first-order valence-electron chi connectivity index (χ1n) is 6.89. The molecule has 0 radical (unpaired) electrons. The minimum atomic E-state index is -4.09. The fraction of sp³-hybridized carbons (Fsp3) is 0.200. The monoisotopic (exact) mass is 386 g/mol. The summed E-state index contributed by atoms with van der Waals surface area (Å²) in [6.45, 7) is 1.52. The summed E-state index contributed by atoms with van der Waals surface area (Å²) >= 11 is 5.98. The molecule has 0 amide bonds. The van der Waals surface area contributed by atoms with E-state index in [2.05, 4.69) is 4.72 Å². The lowest BCUT2D eigenvalue weighted by atomic mass is 10.2. The number of hydrogen-bond acceptors (Lipinski definition) is 6. The molecular weight excluding hydrogens is 372 g/mol. The second kappa shape index (κ2) is 7.16. The van der Waals surface area contributed by atoms with Gasteiger partial charge in [0, 0.05) is 23.8 Å². The number of halogens is 1. The molecule has 0 aromatic heterocycles. The molecule has 0 aliphatic carbocycles. The second-order valence-electron chi connectivity index (χ2n) is 5.00. The van der Waals surface area contributed by atoms with E-state index in [1.165, 1.54) is 45.4 Å². The molecule has 10 heteroatoms. The number of nitro groups is 1. The van der Waals surface area contributed by atoms with E-state index in [0.29, 0.717) is 5.56 Å². The molecule has 0 saturated carbocycles. The normalized spacial score (nSPS) is 11.0. The Balaban J connectivity index is 2.49. The third-order valence-corrected chi connectivity index (χ3v) is 5.06. The van der Waals surface area contributed by atoms with Crippen LogP contribution in [-0.4, -0.2) is 27.6 Å². The molecule has 0 saturated heterocycles. The first-order valence-corrected chi connectivity index (χ1v) is 8.75. The predicted molar refractivity (Wildman–Crippen MR) is 93.2 cm³/mol. The van der Waals surface area contributed by atoms with E-state index in [9.17, 15) is 18.5 Å². The van der Waals surface area contributed by atoms with Crippen molar-refractivity contribution < 1.29 is 22.8 Å². The molecule has 0 fully saturated rings. The van der Waals surface area contributed by atoms with E-state index < -0.39 is 14.9 Å². The molecule has 0 atom stereocenters. The summed E-state index contributed by atoms with van der Waals surface area (Å²) in [5.74, 6) is 0.422. The summed E-state index contributed by atoms with van der Waals surface area (Å²) < 4.78 is 37.7. The summed E-state index contributed by atoms with van der Waals surface area (Å²) in [5, 5.41) is 11.3. The zero-order valence-corrected chi connectivity index (χ0v) is 15.1. The lowest BCUT2D eigenvalue weighted by molar-refractivity contribution is -0.385. The SMILES string of the molecule is COc1cc(NS(=O)(=O)c2ccc(C)c([N+](=O)[O-])c2)c(OC)cc1Cl. The van der Waals surface area contributed by atoms with E-state index in [1.54, 1.807) is 0 Å². The van der Waals surface area contributed by atoms with Gasteiger partial charge < -0.3 is 9.47 Å². The predicted octanol–water partition coefficient (Wildman–Crippen LogP) is 3.37. The van der Waals surface area contributed by atoms with Crippen molar-refractivity contribution in [3.05, 3.63) is 51.0 Å². The highest BCUT2D eigenvalue weighted by atomic mass is 35.5. The molecule has 0 aliphatic rings. The van der Waals surface area contributed by atoms with E-state index in [1.807, 2.05) is 0 Å². The number of nitrogens with zero attached hydrogens (tertiary/aromatic N) is 1. The van der Waals surface area contributed by atoms with Crippen LogP contribution in [-0.2, 0) is 10.0 Å². The van der Waals surface area contributed by atoms with E-state index in [4.69, 9.17) is 21.1 Å². The van der Waals surface area contributed by atoms with Crippen LogP contribution in [0.4, 0.5) is 11.4 Å². The van der Waals surface area contributed by atoms with Crippen molar-refractivity contribution in [2.75, 3.05) is 18.9 Å². The van der Waals surface area contributed by atoms with E-state index in [0.717, 1.165) is 6.07 Å². The minimum Gasteiger partial charge on any atom is -0.495 e. The number of aryl methyl sites for hydroxylation is 1. The van der Waals surface area contributed by atoms with Gasteiger partial charge in [0.05, 0.1) is 34.7 Å². The van der Waals surface area contributed by atoms with Crippen LogP contribution < -0.4 is 14.2 Å². The number of ether oxygens (including phenoxy) is 2. The van der Waals surface area contributed by atoms with Crippen molar-refractivity contribution >= 4 is 33.0 Å². The summed E-state index contributed by atoms with van der Waals surface area (Å²) in [5.41, 5.74) is 0.158. The van der Waals surface area contributed by atoms with Crippen LogP contribution in [0.15, 0.2) is 35.2 Å². The molecule has 1 N–H and O–H groups in total. The largest absolute Gasteiger partial charge is 0.495 e. The third-order valence-electron chi connectivity index (χ3n) is 3.41. The lowest BCUT2D eigenvalue weighted by Gasteiger charge is -2.14. The van der Waals surface area contributed by atoms with Crippen LogP contribution in [0.5, 0.6) is 11.5 Å². The van der Waals surface area contributed by atoms with Gasteiger partial charge in [-0.25, -0.2) is 8.42 Å². The third kappa shape index (κ3) is 3.94. The first-order chi connectivity index (χ1) is 11.7. The van der Waals surface area contributed by atoms with Gasteiger partial charge in [0.15, 0.2) is 0 Å². The van der Waals surface area contributed by atoms with Gasteiger partial charge in [0.25, 0.3) is 15.7 Å². The van der Waals surface area contributed by atoms with Crippen LogP contribution in [0.25, 0.3) is 0 Å². The van der Waals surface area contributed by atoms with Gasteiger partial charge >= 0.3 is 0 Å². The highest BCUT2D eigenvalue weighted by molar-refractivity contribution is 7.92. The Morgan fingerprint density at radius 2 is 1.76 bits per heavy atom. The molecule has 134 valence electrons. The Bertz CT molecular complexity index is 930. The number of sulfonamides is 1. The maximum absolute atomic E-state index is 12.6. The smallest absolute Gasteiger partial charge is 0.273 e. The number of hydrogen-bond donors (Lipinski definition) is 1. The average Bonchev–Trinajstić information content (AvgIpc) is 2.55. The average molecular weight is 387 g/mol. The maximum atomic E-state index is 12.6. The van der Waals surface area contributed by atoms with Crippen LogP contribution in [0, 0.1) is 17.0 Å². The molecule has 0 unspecified atom stereocenters. The standard InChI is InChI=1S/C15H15ClN2O6S/c1-9-4-5-10(6-13(9)18(19)20)25(21,22)17-12-8-14(23-2)11(16)7-15(12)24-3/h4-8,17H,1-3H3. The Hall–Kier alpha value is -2.52. The van der Waals surface area contributed by atoms with Gasteiger partial charge in [0.2, 0.25) is 0 Å². The molecule has 2 aromatic rings. The summed E-state index contributed by atoms with van der Waals surface area (Å²) in [6, 6.07) is 6.41. The fourth-order valence-corrected chi connectivity index (χ4v) is 3.41.